The molecule has 3 aromatic rings. The zero-order chi connectivity index (χ0) is 45.9. The van der Waals surface area contributed by atoms with Crippen molar-refractivity contribution < 1.29 is 47.7 Å². The Labute approximate surface area is 371 Å². The molecule has 5 rings (SSSR count). The Morgan fingerprint density at radius 1 is 0.873 bits per heavy atom. The number of amides is 5. The number of ether oxygens (including phenoxy) is 3. The van der Waals surface area contributed by atoms with Gasteiger partial charge in [-0.2, -0.15) is 0 Å². The van der Waals surface area contributed by atoms with Crippen molar-refractivity contribution in [1.82, 2.24) is 15.5 Å². The standard InChI is InChI=1S/C47H63N5O10Si/c1-9-21-60-45(57)51-39(22-33-13-11-10-12-14-33)43(55)48-26-42(54)49-35-17-15-34(16-18-35)28-61-46(58)50-38-24-41(62-63(30(2)3,31(4)5)32(6)7)40(59-8)23-37(38)44(56)52-29-47(19-20-47)25-36(52)27-53/h9-18,23-24,30-32,36,39,53H,1,19-22,25-29H2,2-8H3,(H,48,55)(H,49,54)(H,50,58)(H,51,57)/t36-,39?/m0/s1. The number of likely N-dealkylation sites (tertiary alicyclic amines) is 1. The Kier molecular flexibility index (Phi) is 16.4. The van der Waals surface area contributed by atoms with E-state index in [0.29, 0.717) is 29.3 Å². The fourth-order valence-corrected chi connectivity index (χ4v) is 14.0. The number of nitrogens with one attached hydrogen (secondary N) is 4. The van der Waals surface area contributed by atoms with Crippen LogP contribution in [-0.2, 0) is 32.1 Å². The van der Waals surface area contributed by atoms with Crippen LogP contribution in [-0.4, -0.2) is 93.7 Å². The fraction of sp³-hybridized carbons (Fsp3) is 0.468. The Balaban J connectivity index is 1.24. The second-order valence-corrected chi connectivity index (χ2v) is 22.8. The molecule has 1 spiro atoms. The summed E-state index contributed by atoms with van der Waals surface area (Å²) < 4.78 is 23.5. The lowest BCUT2D eigenvalue weighted by Gasteiger charge is -2.42. The summed E-state index contributed by atoms with van der Waals surface area (Å²) in [7, 11) is -0.982. The van der Waals surface area contributed by atoms with Crippen LogP contribution < -0.4 is 30.4 Å². The molecule has 1 unspecified atom stereocenters. The van der Waals surface area contributed by atoms with Gasteiger partial charge in [-0.05, 0) is 70.6 Å². The van der Waals surface area contributed by atoms with E-state index in [-0.39, 0.29) is 78.0 Å². The summed E-state index contributed by atoms with van der Waals surface area (Å²) in [5, 5.41) is 20.9. The van der Waals surface area contributed by atoms with E-state index in [1.807, 2.05) is 30.3 Å². The van der Waals surface area contributed by atoms with Crippen molar-refractivity contribution in [3.8, 4) is 11.5 Å². The molecular weight excluding hydrogens is 823 g/mol. The van der Waals surface area contributed by atoms with Crippen LogP contribution in [0.3, 0.4) is 0 Å². The minimum atomic E-state index is -2.51. The van der Waals surface area contributed by atoms with Crippen LogP contribution in [0.4, 0.5) is 21.0 Å². The lowest BCUT2D eigenvalue weighted by molar-refractivity contribution is -0.125. The van der Waals surface area contributed by atoms with Crippen molar-refractivity contribution >= 4 is 49.6 Å². The molecule has 1 heterocycles. The summed E-state index contributed by atoms with van der Waals surface area (Å²) in [5.74, 6) is -0.607. The third-order valence-corrected chi connectivity index (χ3v) is 18.1. The van der Waals surface area contributed by atoms with Gasteiger partial charge in [0.1, 0.15) is 25.0 Å². The van der Waals surface area contributed by atoms with Gasteiger partial charge in [-0.15, -0.1) is 0 Å². The van der Waals surface area contributed by atoms with Gasteiger partial charge in [0.15, 0.2) is 5.75 Å². The smallest absolute Gasteiger partial charge is 0.411 e. The van der Waals surface area contributed by atoms with Crippen LogP contribution in [0, 0.1) is 5.41 Å². The van der Waals surface area contributed by atoms with Gasteiger partial charge in [0, 0.05) is 24.7 Å². The third-order valence-electron chi connectivity index (χ3n) is 12.1. The molecule has 0 radical (unpaired) electrons. The van der Waals surface area contributed by atoms with Crippen LogP contribution in [0.2, 0.25) is 16.6 Å². The number of carbonyl (C=O) groups is 5. The summed E-state index contributed by atoms with van der Waals surface area (Å²) in [6.07, 6.45) is 2.73. The number of hydrogen-bond acceptors (Lipinski definition) is 10. The molecule has 15 nitrogen and oxygen atoms in total. The van der Waals surface area contributed by atoms with Crippen LogP contribution in [0.5, 0.6) is 11.5 Å². The first-order valence-electron chi connectivity index (χ1n) is 21.6. The summed E-state index contributed by atoms with van der Waals surface area (Å²) in [4.78, 5) is 67.6. The largest absolute Gasteiger partial charge is 0.540 e. The number of alkyl carbamates (subject to hydrolysis) is 1. The van der Waals surface area contributed by atoms with Gasteiger partial charge in [-0.25, -0.2) is 9.59 Å². The number of methoxy groups -OCH3 is 1. The highest BCUT2D eigenvalue weighted by Gasteiger charge is 2.53. The molecule has 2 aliphatic rings. The van der Waals surface area contributed by atoms with E-state index in [0.717, 1.165) is 24.8 Å². The predicted octanol–water partition coefficient (Wildman–Crippen LogP) is 7.56. The van der Waals surface area contributed by atoms with E-state index >= 15 is 0 Å². The van der Waals surface area contributed by atoms with Crippen LogP contribution in [0.1, 0.15) is 82.3 Å². The van der Waals surface area contributed by atoms with Crippen LogP contribution in [0.25, 0.3) is 0 Å². The highest BCUT2D eigenvalue weighted by molar-refractivity contribution is 6.78. The number of rotatable bonds is 20. The maximum Gasteiger partial charge on any atom is 0.411 e. The Hall–Kier alpha value is -5.87. The number of carbonyl (C=O) groups excluding carboxylic acids is 5. The van der Waals surface area contributed by atoms with Gasteiger partial charge < -0.3 is 44.6 Å². The highest BCUT2D eigenvalue weighted by atomic mass is 28.4. The maximum atomic E-state index is 14.3. The molecular formula is C47H63N5O10Si. The number of hydrogen-bond donors (Lipinski definition) is 5. The molecule has 0 bridgehead atoms. The van der Waals surface area contributed by atoms with E-state index in [1.165, 1.54) is 13.2 Å². The van der Waals surface area contributed by atoms with E-state index < -0.39 is 38.4 Å². The number of nitrogens with zero attached hydrogens (tertiary/aromatic N) is 1. The average molecular weight is 886 g/mol. The van der Waals surface area contributed by atoms with Gasteiger partial charge in [-0.1, -0.05) is 96.7 Å². The molecule has 5 N–H and O–H groups in total. The minimum Gasteiger partial charge on any atom is -0.540 e. The van der Waals surface area contributed by atoms with Crippen molar-refractivity contribution in [2.45, 2.75) is 103 Å². The van der Waals surface area contributed by atoms with Crippen molar-refractivity contribution in [2.75, 3.05) is 44.0 Å². The average Bonchev–Trinajstić information content (AvgIpc) is 3.92. The molecule has 0 aromatic heterocycles. The fourth-order valence-electron chi connectivity index (χ4n) is 8.74. The van der Waals surface area contributed by atoms with E-state index in [9.17, 15) is 29.1 Å². The maximum absolute atomic E-state index is 14.3. The second-order valence-electron chi connectivity index (χ2n) is 17.4. The highest BCUT2D eigenvalue weighted by Crippen LogP contribution is 2.55. The molecule has 2 atom stereocenters. The molecule has 340 valence electrons. The summed E-state index contributed by atoms with van der Waals surface area (Å²) in [6.45, 7) is 16.4. The molecule has 1 aliphatic heterocycles. The zero-order valence-corrected chi connectivity index (χ0v) is 38.5. The number of aliphatic hydroxyl groups excluding tert-OH is 1. The molecule has 1 saturated heterocycles. The first-order chi connectivity index (χ1) is 30.0. The third kappa shape index (κ3) is 12.2. The Bertz CT molecular complexity index is 2070. The molecule has 16 heteroatoms. The topological polar surface area (TPSA) is 194 Å². The molecule has 2 fully saturated rings. The lowest BCUT2D eigenvalue weighted by Crippen LogP contribution is -2.50. The van der Waals surface area contributed by atoms with E-state index in [4.69, 9.17) is 18.6 Å². The monoisotopic (exact) mass is 885 g/mol. The Morgan fingerprint density at radius 3 is 2.13 bits per heavy atom. The molecule has 5 amide bonds. The van der Waals surface area contributed by atoms with Crippen molar-refractivity contribution in [3.05, 3.63) is 96.1 Å². The SMILES string of the molecule is C=CCOC(=O)NC(Cc1ccccc1)C(=O)NCC(=O)Nc1ccc(COC(=O)Nc2cc(O[Si](C(C)C)(C(C)C)C(C)C)c(OC)cc2C(=O)N2CC3(CC3)C[C@H]2CO)cc1. The summed E-state index contributed by atoms with van der Waals surface area (Å²) >= 11 is 0. The van der Waals surface area contributed by atoms with Crippen LogP contribution >= 0.6 is 0 Å². The normalized spacial score (nSPS) is 15.7. The minimum absolute atomic E-state index is 0.0284. The number of aliphatic hydroxyl groups is 1. The first-order valence-corrected chi connectivity index (χ1v) is 23.7. The number of anilines is 2. The summed E-state index contributed by atoms with van der Waals surface area (Å²) in [6, 6.07) is 17.6. The zero-order valence-electron chi connectivity index (χ0n) is 37.5. The van der Waals surface area contributed by atoms with Gasteiger partial charge in [0.2, 0.25) is 11.8 Å². The van der Waals surface area contributed by atoms with Gasteiger partial charge >= 0.3 is 12.2 Å². The number of benzene rings is 3. The summed E-state index contributed by atoms with van der Waals surface area (Å²) in [5.41, 5.74) is 2.99. The van der Waals surface area contributed by atoms with Crippen molar-refractivity contribution in [3.63, 3.8) is 0 Å². The quantitative estimate of drug-likeness (QED) is 0.0559. The van der Waals surface area contributed by atoms with E-state index in [2.05, 4.69) is 69.4 Å². The van der Waals surface area contributed by atoms with E-state index in [1.54, 1.807) is 41.3 Å². The molecule has 3 aromatic carbocycles. The van der Waals surface area contributed by atoms with Crippen molar-refractivity contribution in [2.24, 2.45) is 5.41 Å². The van der Waals surface area contributed by atoms with Crippen LogP contribution in [0.15, 0.2) is 79.4 Å². The second kappa shape index (κ2) is 21.5. The molecule has 63 heavy (non-hydrogen) atoms. The Morgan fingerprint density at radius 2 is 1.54 bits per heavy atom. The van der Waals surface area contributed by atoms with Gasteiger partial charge in [0.05, 0.1) is 37.6 Å². The predicted molar refractivity (Wildman–Crippen MR) is 243 cm³/mol. The lowest BCUT2D eigenvalue weighted by atomic mass is 10.0. The van der Waals surface area contributed by atoms with Gasteiger partial charge in [0.25, 0.3) is 14.2 Å². The van der Waals surface area contributed by atoms with Crippen molar-refractivity contribution in [1.29, 1.82) is 0 Å². The molecule has 1 aliphatic carbocycles. The first kappa shape index (κ1) is 48.2. The molecule has 1 saturated carbocycles. The van der Waals surface area contributed by atoms with Gasteiger partial charge in [-0.3, -0.25) is 19.7 Å².